The molecular weight excluding hydrogens is 412 g/mol. The molecule has 2 fully saturated rings. The van der Waals surface area contributed by atoms with Gasteiger partial charge in [-0.3, -0.25) is 9.69 Å². The number of benzene rings is 1. The molecular formula is C26H34N6O. The van der Waals surface area contributed by atoms with Crippen molar-refractivity contribution in [2.45, 2.75) is 32.2 Å². The highest BCUT2D eigenvalue weighted by atomic mass is 16.1. The van der Waals surface area contributed by atoms with E-state index in [0.717, 1.165) is 81.9 Å². The van der Waals surface area contributed by atoms with Crippen LogP contribution in [0.4, 0.5) is 5.82 Å². The van der Waals surface area contributed by atoms with Crippen LogP contribution >= 0.6 is 0 Å². The smallest absolute Gasteiger partial charge is 0.184 e. The average Bonchev–Trinajstić information content (AvgIpc) is 3.01. The van der Waals surface area contributed by atoms with Crippen LogP contribution in [0.3, 0.4) is 0 Å². The van der Waals surface area contributed by atoms with E-state index in [-0.39, 0.29) is 5.78 Å². The van der Waals surface area contributed by atoms with Crippen LogP contribution < -0.4 is 10.2 Å². The second-order valence-corrected chi connectivity index (χ2v) is 9.44. The van der Waals surface area contributed by atoms with Gasteiger partial charge in [-0.15, -0.1) is 0 Å². The van der Waals surface area contributed by atoms with Gasteiger partial charge in [0.25, 0.3) is 0 Å². The van der Waals surface area contributed by atoms with Crippen molar-refractivity contribution in [3.8, 4) is 0 Å². The maximum absolute atomic E-state index is 13.0. The summed E-state index contributed by atoms with van der Waals surface area (Å²) < 4.78 is 1.77. The minimum atomic E-state index is 0.147. The molecule has 174 valence electrons. The highest BCUT2D eigenvalue weighted by Crippen LogP contribution is 2.25. The zero-order valence-corrected chi connectivity index (χ0v) is 19.5. The number of ketones is 1. The van der Waals surface area contributed by atoms with Crippen molar-refractivity contribution in [1.82, 2.24) is 25.0 Å². The Bertz CT molecular complexity index is 1090. The SMILES string of the molecule is Cn1nc(C(=O)CC2CCNCC2)c2ccc(N3CCCN(Cc4ccccc4)CC3)nc21. The number of Topliss-reactive ketones (excluding diaryl/α,β-unsaturated/α-hetero) is 1. The number of piperidine rings is 1. The predicted molar refractivity (Wildman–Crippen MR) is 132 cm³/mol. The summed E-state index contributed by atoms with van der Waals surface area (Å²) in [5, 5.41) is 8.83. The number of hydrogen-bond acceptors (Lipinski definition) is 6. The molecule has 4 heterocycles. The summed E-state index contributed by atoms with van der Waals surface area (Å²) in [4.78, 5) is 22.9. The van der Waals surface area contributed by atoms with Gasteiger partial charge >= 0.3 is 0 Å². The van der Waals surface area contributed by atoms with Crippen LogP contribution in [-0.2, 0) is 13.6 Å². The van der Waals surface area contributed by atoms with Crippen molar-refractivity contribution in [1.29, 1.82) is 0 Å². The van der Waals surface area contributed by atoms with Crippen molar-refractivity contribution >= 4 is 22.6 Å². The second kappa shape index (κ2) is 10.0. The molecule has 0 aliphatic carbocycles. The molecule has 3 aromatic rings. The number of hydrogen-bond donors (Lipinski definition) is 1. The zero-order valence-electron chi connectivity index (χ0n) is 19.5. The first kappa shape index (κ1) is 22.0. The minimum Gasteiger partial charge on any atom is -0.355 e. The largest absolute Gasteiger partial charge is 0.355 e. The predicted octanol–water partition coefficient (Wildman–Crippen LogP) is 3.25. The van der Waals surface area contributed by atoms with E-state index in [1.54, 1.807) is 4.68 Å². The third kappa shape index (κ3) is 5.09. The Hall–Kier alpha value is -2.77. The van der Waals surface area contributed by atoms with Gasteiger partial charge in [-0.25, -0.2) is 9.67 Å². The fourth-order valence-corrected chi connectivity index (χ4v) is 5.15. The number of nitrogens with one attached hydrogen (secondary N) is 1. The summed E-state index contributed by atoms with van der Waals surface area (Å²) in [6.07, 6.45) is 3.82. The summed E-state index contributed by atoms with van der Waals surface area (Å²) in [7, 11) is 1.89. The van der Waals surface area contributed by atoms with Crippen molar-refractivity contribution in [2.75, 3.05) is 44.2 Å². The van der Waals surface area contributed by atoms with E-state index >= 15 is 0 Å². The molecule has 0 atom stereocenters. The monoisotopic (exact) mass is 446 g/mol. The van der Waals surface area contributed by atoms with Gasteiger partial charge in [-0.2, -0.15) is 5.10 Å². The van der Waals surface area contributed by atoms with Crippen LogP contribution in [0.1, 0.15) is 41.7 Å². The van der Waals surface area contributed by atoms with E-state index in [2.05, 4.69) is 56.6 Å². The van der Waals surface area contributed by atoms with Gasteiger partial charge in [0.15, 0.2) is 11.4 Å². The molecule has 1 N–H and O–H groups in total. The zero-order chi connectivity index (χ0) is 22.6. The topological polar surface area (TPSA) is 66.3 Å². The molecule has 0 radical (unpaired) electrons. The molecule has 1 aromatic carbocycles. The average molecular weight is 447 g/mol. The van der Waals surface area contributed by atoms with E-state index < -0.39 is 0 Å². The number of pyridine rings is 1. The maximum Gasteiger partial charge on any atom is 0.184 e. The first-order valence-electron chi connectivity index (χ1n) is 12.3. The van der Waals surface area contributed by atoms with Crippen LogP contribution in [-0.4, -0.2) is 64.7 Å². The van der Waals surface area contributed by atoms with Crippen molar-refractivity contribution in [3.05, 3.63) is 53.7 Å². The van der Waals surface area contributed by atoms with Crippen LogP contribution in [0.25, 0.3) is 11.0 Å². The molecule has 0 amide bonds. The van der Waals surface area contributed by atoms with Gasteiger partial charge in [-0.1, -0.05) is 30.3 Å². The number of nitrogens with zero attached hydrogens (tertiary/aromatic N) is 5. The number of rotatable bonds is 6. The van der Waals surface area contributed by atoms with Crippen LogP contribution in [0.15, 0.2) is 42.5 Å². The lowest BCUT2D eigenvalue weighted by atomic mass is 9.91. The Labute approximate surface area is 195 Å². The summed E-state index contributed by atoms with van der Waals surface area (Å²) in [5.74, 6) is 1.58. The van der Waals surface area contributed by atoms with Crippen molar-refractivity contribution in [3.63, 3.8) is 0 Å². The molecule has 2 aliphatic rings. The van der Waals surface area contributed by atoms with E-state index in [1.807, 2.05) is 13.1 Å². The van der Waals surface area contributed by atoms with Crippen LogP contribution in [0.5, 0.6) is 0 Å². The third-order valence-corrected chi connectivity index (χ3v) is 7.03. The van der Waals surface area contributed by atoms with E-state index in [4.69, 9.17) is 4.98 Å². The van der Waals surface area contributed by atoms with E-state index in [0.29, 0.717) is 18.0 Å². The number of aromatic nitrogens is 3. The van der Waals surface area contributed by atoms with Gasteiger partial charge in [0.05, 0.1) is 5.39 Å². The van der Waals surface area contributed by atoms with Crippen LogP contribution in [0.2, 0.25) is 0 Å². The Morgan fingerprint density at radius 3 is 2.67 bits per heavy atom. The normalized spacial score (nSPS) is 18.5. The lowest BCUT2D eigenvalue weighted by Crippen LogP contribution is -2.31. The second-order valence-electron chi connectivity index (χ2n) is 9.44. The first-order chi connectivity index (χ1) is 16.2. The molecule has 0 saturated carbocycles. The lowest BCUT2D eigenvalue weighted by Gasteiger charge is -2.23. The van der Waals surface area contributed by atoms with Gasteiger partial charge < -0.3 is 10.2 Å². The lowest BCUT2D eigenvalue weighted by molar-refractivity contribution is 0.0948. The quantitative estimate of drug-likeness (QED) is 0.587. The summed E-state index contributed by atoms with van der Waals surface area (Å²) in [6.45, 7) is 7.04. The fraction of sp³-hybridized carbons (Fsp3) is 0.500. The van der Waals surface area contributed by atoms with Crippen molar-refractivity contribution < 1.29 is 4.79 Å². The van der Waals surface area contributed by atoms with E-state index in [9.17, 15) is 4.79 Å². The van der Waals surface area contributed by atoms with Gasteiger partial charge in [0, 0.05) is 46.2 Å². The van der Waals surface area contributed by atoms with Gasteiger partial charge in [-0.05, 0) is 56.0 Å². The highest BCUT2D eigenvalue weighted by molar-refractivity contribution is 6.05. The standard InChI is InChI=1S/C26H34N6O/c1-30-26-22(25(29-30)23(33)18-20-10-12-27-13-11-20)8-9-24(28-26)32-15-5-14-31(16-17-32)19-21-6-3-2-4-7-21/h2-4,6-9,20,27H,5,10-19H2,1H3. The van der Waals surface area contributed by atoms with Crippen molar-refractivity contribution in [2.24, 2.45) is 13.0 Å². The number of anilines is 1. The molecule has 5 rings (SSSR count). The first-order valence-corrected chi connectivity index (χ1v) is 12.3. The number of carbonyl (C=O) groups excluding carboxylic acids is 1. The number of carbonyl (C=O) groups is 1. The van der Waals surface area contributed by atoms with E-state index in [1.165, 1.54) is 5.56 Å². The molecule has 0 bridgehead atoms. The molecule has 0 unspecified atom stereocenters. The van der Waals surface area contributed by atoms with Gasteiger partial charge in [0.2, 0.25) is 0 Å². The molecule has 33 heavy (non-hydrogen) atoms. The number of aryl methyl sites for hydroxylation is 1. The molecule has 7 nitrogen and oxygen atoms in total. The van der Waals surface area contributed by atoms with Crippen LogP contribution in [0, 0.1) is 5.92 Å². The Morgan fingerprint density at radius 1 is 1.03 bits per heavy atom. The Balaban J connectivity index is 1.28. The Kier molecular flexibility index (Phi) is 6.69. The highest BCUT2D eigenvalue weighted by Gasteiger charge is 2.23. The third-order valence-electron chi connectivity index (χ3n) is 7.03. The summed E-state index contributed by atoms with van der Waals surface area (Å²) in [5.41, 5.74) is 2.74. The fourth-order valence-electron chi connectivity index (χ4n) is 5.15. The molecule has 2 aromatic heterocycles. The number of fused-ring (bicyclic) bond motifs is 1. The Morgan fingerprint density at radius 2 is 1.85 bits per heavy atom. The summed E-state index contributed by atoms with van der Waals surface area (Å²) >= 11 is 0. The summed E-state index contributed by atoms with van der Waals surface area (Å²) in [6, 6.07) is 14.8. The maximum atomic E-state index is 13.0. The molecule has 0 spiro atoms. The minimum absolute atomic E-state index is 0.147. The van der Waals surface area contributed by atoms with Gasteiger partial charge in [0.1, 0.15) is 11.5 Å². The molecule has 2 aliphatic heterocycles. The molecule has 2 saturated heterocycles. The molecule has 7 heteroatoms.